The number of amides is 1. The molecule has 5 heteroatoms. The summed E-state index contributed by atoms with van der Waals surface area (Å²) in [5, 5.41) is 10.9. The van der Waals surface area contributed by atoms with Crippen LogP contribution in [0.1, 0.15) is 36.0 Å². The molecule has 2 fully saturated rings. The Kier molecular flexibility index (Phi) is 3.38. The molecule has 1 atom stereocenters. The van der Waals surface area contributed by atoms with E-state index in [1.54, 1.807) is 23.1 Å². The van der Waals surface area contributed by atoms with E-state index in [9.17, 15) is 9.90 Å². The number of methoxy groups -OCH3 is 1. The van der Waals surface area contributed by atoms with Gasteiger partial charge in [-0.2, -0.15) is 0 Å². The van der Waals surface area contributed by atoms with Gasteiger partial charge in [-0.15, -0.1) is 0 Å². The van der Waals surface area contributed by atoms with Crippen LogP contribution >= 0.6 is 11.6 Å². The molecule has 0 aromatic heterocycles. The van der Waals surface area contributed by atoms with E-state index in [2.05, 4.69) is 0 Å². The standard InChI is InChI=1S/C15H18ClNO3/c1-20-12-9-10(16)4-5-11(12)14(18)17-8-2-3-13(17)15(19)6-7-15/h4-5,9,13,19H,2-3,6-8H2,1H3. The lowest BCUT2D eigenvalue weighted by Crippen LogP contribution is -2.44. The first-order chi connectivity index (χ1) is 9.55. The molecular weight excluding hydrogens is 278 g/mol. The summed E-state index contributed by atoms with van der Waals surface area (Å²) >= 11 is 5.93. The van der Waals surface area contributed by atoms with E-state index in [0.29, 0.717) is 22.9 Å². The van der Waals surface area contributed by atoms with Crippen LogP contribution < -0.4 is 4.74 Å². The van der Waals surface area contributed by atoms with Gasteiger partial charge in [0.05, 0.1) is 24.3 Å². The summed E-state index contributed by atoms with van der Waals surface area (Å²) in [5.41, 5.74) is -0.153. The van der Waals surface area contributed by atoms with Crippen molar-refractivity contribution in [2.45, 2.75) is 37.3 Å². The minimum atomic E-state index is -0.661. The number of nitrogens with zero attached hydrogens (tertiary/aromatic N) is 1. The zero-order chi connectivity index (χ0) is 14.3. The fourth-order valence-corrected chi connectivity index (χ4v) is 3.19. The Labute approximate surface area is 123 Å². The smallest absolute Gasteiger partial charge is 0.257 e. The van der Waals surface area contributed by atoms with Crippen molar-refractivity contribution in [2.75, 3.05) is 13.7 Å². The molecule has 1 amide bonds. The number of carbonyl (C=O) groups is 1. The molecule has 1 N–H and O–H groups in total. The summed E-state index contributed by atoms with van der Waals surface area (Å²) in [4.78, 5) is 14.5. The molecule has 0 bridgehead atoms. The van der Waals surface area contributed by atoms with Crippen molar-refractivity contribution >= 4 is 17.5 Å². The van der Waals surface area contributed by atoms with Gasteiger partial charge in [0.15, 0.2) is 0 Å². The lowest BCUT2D eigenvalue weighted by Gasteiger charge is -2.29. The van der Waals surface area contributed by atoms with Gasteiger partial charge in [-0.05, 0) is 43.9 Å². The molecular formula is C15H18ClNO3. The van der Waals surface area contributed by atoms with E-state index in [4.69, 9.17) is 16.3 Å². The summed E-state index contributed by atoms with van der Waals surface area (Å²) in [5.74, 6) is 0.400. The van der Waals surface area contributed by atoms with Gasteiger partial charge < -0.3 is 14.7 Å². The summed E-state index contributed by atoms with van der Waals surface area (Å²) in [7, 11) is 1.53. The normalized spacial score (nSPS) is 23.8. The molecule has 4 nitrogen and oxygen atoms in total. The highest BCUT2D eigenvalue weighted by molar-refractivity contribution is 6.30. The van der Waals surface area contributed by atoms with Gasteiger partial charge in [0.25, 0.3) is 5.91 Å². The maximum absolute atomic E-state index is 12.7. The molecule has 108 valence electrons. The molecule has 0 radical (unpaired) electrons. The lowest BCUT2D eigenvalue weighted by atomic mass is 10.1. The molecule has 1 aliphatic heterocycles. The fraction of sp³-hybridized carbons (Fsp3) is 0.533. The molecule has 0 spiro atoms. The van der Waals surface area contributed by atoms with Crippen LogP contribution in [0, 0.1) is 0 Å². The van der Waals surface area contributed by atoms with Gasteiger partial charge in [-0.1, -0.05) is 11.6 Å². The zero-order valence-electron chi connectivity index (χ0n) is 11.4. The lowest BCUT2D eigenvalue weighted by molar-refractivity contribution is 0.0384. The highest BCUT2D eigenvalue weighted by Crippen LogP contribution is 2.45. The van der Waals surface area contributed by atoms with Crippen molar-refractivity contribution in [2.24, 2.45) is 0 Å². The first kappa shape index (κ1) is 13.7. The zero-order valence-corrected chi connectivity index (χ0v) is 12.2. The van der Waals surface area contributed by atoms with Gasteiger partial charge in [-0.25, -0.2) is 0 Å². The third kappa shape index (κ3) is 2.27. The Morgan fingerprint density at radius 1 is 1.50 bits per heavy atom. The van der Waals surface area contributed by atoms with Crippen LogP contribution in [0.3, 0.4) is 0 Å². The maximum atomic E-state index is 12.7. The minimum Gasteiger partial charge on any atom is -0.496 e. The van der Waals surface area contributed by atoms with Gasteiger partial charge in [0, 0.05) is 11.6 Å². The monoisotopic (exact) mass is 295 g/mol. The van der Waals surface area contributed by atoms with E-state index in [1.807, 2.05) is 0 Å². The van der Waals surface area contributed by atoms with Crippen LogP contribution in [-0.4, -0.2) is 41.2 Å². The van der Waals surface area contributed by atoms with Gasteiger partial charge >= 0.3 is 0 Å². The number of aliphatic hydroxyl groups is 1. The number of halogens is 1. The predicted molar refractivity (Wildman–Crippen MR) is 76.2 cm³/mol. The molecule has 1 saturated carbocycles. The fourth-order valence-electron chi connectivity index (χ4n) is 3.03. The molecule has 1 unspecified atom stereocenters. The Morgan fingerprint density at radius 3 is 2.90 bits per heavy atom. The maximum Gasteiger partial charge on any atom is 0.257 e. The number of rotatable bonds is 3. The van der Waals surface area contributed by atoms with Crippen LogP contribution in [0.5, 0.6) is 5.75 Å². The van der Waals surface area contributed by atoms with E-state index in [1.165, 1.54) is 7.11 Å². The van der Waals surface area contributed by atoms with Crippen LogP contribution in [0.25, 0.3) is 0 Å². The van der Waals surface area contributed by atoms with E-state index >= 15 is 0 Å². The average Bonchev–Trinajstić information content (AvgIpc) is 3.01. The topological polar surface area (TPSA) is 49.8 Å². The predicted octanol–water partition coefficient (Wildman–Crippen LogP) is 2.48. The average molecular weight is 296 g/mol. The molecule has 2 aliphatic rings. The first-order valence-corrected chi connectivity index (χ1v) is 7.30. The van der Waals surface area contributed by atoms with Crippen molar-refractivity contribution in [3.8, 4) is 5.75 Å². The Balaban J connectivity index is 1.88. The van der Waals surface area contributed by atoms with Gasteiger partial charge in [0.1, 0.15) is 5.75 Å². The van der Waals surface area contributed by atoms with Crippen molar-refractivity contribution in [1.29, 1.82) is 0 Å². The number of benzene rings is 1. The van der Waals surface area contributed by atoms with Crippen LogP contribution in [0.2, 0.25) is 5.02 Å². The Bertz CT molecular complexity index is 542. The van der Waals surface area contributed by atoms with Crippen molar-refractivity contribution in [1.82, 2.24) is 4.90 Å². The molecule has 1 aromatic rings. The summed E-state index contributed by atoms with van der Waals surface area (Å²) < 4.78 is 5.25. The Hall–Kier alpha value is -1.26. The number of hydrogen-bond donors (Lipinski definition) is 1. The van der Waals surface area contributed by atoms with E-state index in [0.717, 1.165) is 25.7 Å². The second-order valence-electron chi connectivity index (χ2n) is 5.60. The van der Waals surface area contributed by atoms with Crippen LogP contribution in [0.4, 0.5) is 0 Å². The second-order valence-corrected chi connectivity index (χ2v) is 6.04. The van der Waals surface area contributed by atoms with Crippen molar-refractivity contribution in [3.63, 3.8) is 0 Å². The highest BCUT2D eigenvalue weighted by atomic mass is 35.5. The Morgan fingerprint density at radius 2 is 2.25 bits per heavy atom. The molecule has 1 aliphatic carbocycles. The SMILES string of the molecule is COc1cc(Cl)ccc1C(=O)N1CCCC1C1(O)CC1. The minimum absolute atomic E-state index is 0.0598. The molecule has 1 saturated heterocycles. The van der Waals surface area contributed by atoms with Gasteiger partial charge in [0.2, 0.25) is 0 Å². The van der Waals surface area contributed by atoms with Crippen LogP contribution in [-0.2, 0) is 0 Å². The van der Waals surface area contributed by atoms with E-state index < -0.39 is 5.60 Å². The summed E-state index contributed by atoms with van der Waals surface area (Å²) in [6.07, 6.45) is 3.39. The second kappa shape index (κ2) is 4.93. The van der Waals surface area contributed by atoms with Crippen LogP contribution in [0.15, 0.2) is 18.2 Å². The quantitative estimate of drug-likeness (QED) is 0.932. The van der Waals surface area contributed by atoms with E-state index in [-0.39, 0.29) is 11.9 Å². The third-order valence-corrected chi connectivity index (χ3v) is 4.53. The largest absolute Gasteiger partial charge is 0.496 e. The number of likely N-dealkylation sites (tertiary alicyclic amines) is 1. The summed E-state index contributed by atoms with van der Waals surface area (Å²) in [6, 6.07) is 4.96. The summed E-state index contributed by atoms with van der Waals surface area (Å²) in [6.45, 7) is 0.692. The highest BCUT2D eigenvalue weighted by Gasteiger charge is 2.52. The molecule has 3 rings (SSSR count). The van der Waals surface area contributed by atoms with Gasteiger partial charge in [-0.3, -0.25) is 4.79 Å². The first-order valence-electron chi connectivity index (χ1n) is 6.92. The van der Waals surface area contributed by atoms with Crippen molar-refractivity contribution < 1.29 is 14.6 Å². The molecule has 1 aromatic carbocycles. The third-order valence-electron chi connectivity index (χ3n) is 4.29. The molecule has 20 heavy (non-hydrogen) atoms. The number of carbonyl (C=O) groups excluding carboxylic acids is 1. The number of hydrogen-bond acceptors (Lipinski definition) is 3. The molecule has 1 heterocycles. The van der Waals surface area contributed by atoms with Crippen molar-refractivity contribution in [3.05, 3.63) is 28.8 Å². The number of ether oxygens (including phenoxy) is 1.